The lowest BCUT2D eigenvalue weighted by molar-refractivity contribution is -0.116. The molecule has 82 valence electrons. The van der Waals surface area contributed by atoms with Gasteiger partial charge >= 0.3 is 0 Å². The summed E-state index contributed by atoms with van der Waals surface area (Å²) in [6.07, 6.45) is 0.219. The van der Waals surface area contributed by atoms with Crippen LogP contribution in [0, 0.1) is 5.82 Å². The van der Waals surface area contributed by atoms with Gasteiger partial charge < -0.3 is 9.84 Å². The van der Waals surface area contributed by atoms with E-state index in [-0.39, 0.29) is 31.2 Å². The highest BCUT2D eigenvalue weighted by Crippen LogP contribution is 2.18. The van der Waals surface area contributed by atoms with Crippen molar-refractivity contribution in [2.75, 3.05) is 13.2 Å². The molecule has 15 heavy (non-hydrogen) atoms. The van der Waals surface area contributed by atoms with Crippen LogP contribution in [0.25, 0.3) is 0 Å². The van der Waals surface area contributed by atoms with E-state index in [1.54, 1.807) is 6.07 Å². The van der Waals surface area contributed by atoms with Crippen LogP contribution in [-0.2, 0) is 11.2 Å². The van der Waals surface area contributed by atoms with Gasteiger partial charge in [0.15, 0.2) is 11.6 Å². The molecule has 1 N–H and O–H groups in total. The first kappa shape index (κ1) is 11.7. The highest BCUT2D eigenvalue weighted by atomic mass is 19.1. The number of aliphatic hydroxyl groups excluding tert-OH is 1. The average molecular weight is 212 g/mol. The van der Waals surface area contributed by atoms with Gasteiger partial charge in [0, 0.05) is 6.42 Å². The predicted octanol–water partition coefficient (Wildman–Crippen LogP) is 1.33. The molecular formula is C11H13FO3. The number of ether oxygens (including phenoxy) is 1. The first-order valence-electron chi connectivity index (χ1n) is 4.65. The lowest BCUT2D eigenvalue weighted by atomic mass is 10.1. The standard InChI is InChI=1S/C11H13FO3/c1-8(14)6-9-2-3-11(10(12)7-9)15-5-4-13/h2-3,7,13H,4-6H2,1H3. The van der Waals surface area contributed by atoms with E-state index in [4.69, 9.17) is 9.84 Å². The Labute approximate surface area is 87.5 Å². The Balaban J connectivity index is 2.74. The molecule has 0 radical (unpaired) electrons. The van der Waals surface area contributed by atoms with E-state index in [0.29, 0.717) is 5.56 Å². The lowest BCUT2D eigenvalue weighted by Gasteiger charge is -2.06. The van der Waals surface area contributed by atoms with Crippen LogP contribution in [0.5, 0.6) is 5.75 Å². The number of hydrogen-bond acceptors (Lipinski definition) is 3. The second kappa shape index (κ2) is 5.46. The first-order chi connectivity index (χ1) is 7.13. The second-order valence-corrected chi connectivity index (χ2v) is 3.22. The van der Waals surface area contributed by atoms with Gasteiger partial charge in [-0.2, -0.15) is 0 Å². The number of carbonyl (C=O) groups excluding carboxylic acids is 1. The van der Waals surface area contributed by atoms with Gasteiger partial charge in [-0.1, -0.05) is 6.07 Å². The van der Waals surface area contributed by atoms with E-state index >= 15 is 0 Å². The highest BCUT2D eigenvalue weighted by Gasteiger charge is 2.05. The van der Waals surface area contributed by atoms with Gasteiger partial charge in [0.25, 0.3) is 0 Å². The van der Waals surface area contributed by atoms with Crippen molar-refractivity contribution in [1.29, 1.82) is 0 Å². The third kappa shape index (κ3) is 3.67. The summed E-state index contributed by atoms with van der Waals surface area (Å²) in [5.74, 6) is -0.433. The van der Waals surface area contributed by atoms with Crippen molar-refractivity contribution < 1.29 is 19.0 Å². The molecule has 0 amide bonds. The fraction of sp³-hybridized carbons (Fsp3) is 0.364. The number of ketones is 1. The average Bonchev–Trinajstić information content (AvgIpc) is 2.15. The molecule has 0 heterocycles. The Morgan fingerprint density at radius 3 is 2.80 bits per heavy atom. The monoisotopic (exact) mass is 212 g/mol. The van der Waals surface area contributed by atoms with Crippen LogP contribution in [-0.4, -0.2) is 24.1 Å². The van der Waals surface area contributed by atoms with Crippen molar-refractivity contribution >= 4 is 5.78 Å². The van der Waals surface area contributed by atoms with E-state index in [0.717, 1.165) is 0 Å². The van der Waals surface area contributed by atoms with Crippen LogP contribution in [0.15, 0.2) is 18.2 Å². The van der Waals surface area contributed by atoms with Gasteiger partial charge in [0.1, 0.15) is 12.4 Å². The largest absolute Gasteiger partial charge is 0.488 e. The van der Waals surface area contributed by atoms with Gasteiger partial charge in [0.05, 0.1) is 6.61 Å². The van der Waals surface area contributed by atoms with Crippen LogP contribution in [0.2, 0.25) is 0 Å². The zero-order valence-electron chi connectivity index (χ0n) is 8.50. The van der Waals surface area contributed by atoms with Gasteiger partial charge in [-0.3, -0.25) is 4.79 Å². The van der Waals surface area contributed by atoms with E-state index in [1.165, 1.54) is 19.1 Å². The van der Waals surface area contributed by atoms with Gasteiger partial charge in [-0.05, 0) is 24.6 Å². The van der Waals surface area contributed by atoms with Crippen molar-refractivity contribution in [2.24, 2.45) is 0 Å². The third-order valence-electron chi connectivity index (χ3n) is 1.80. The molecule has 0 aliphatic heterocycles. The zero-order chi connectivity index (χ0) is 11.3. The summed E-state index contributed by atoms with van der Waals surface area (Å²) in [7, 11) is 0. The van der Waals surface area contributed by atoms with Crippen LogP contribution in [0.4, 0.5) is 4.39 Å². The van der Waals surface area contributed by atoms with Crippen molar-refractivity contribution in [2.45, 2.75) is 13.3 Å². The van der Waals surface area contributed by atoms with Crippen LogP contribution in [0.1, 0.15) is 12.5 Å². The van der Waals surface area contributed by atoms with E-state index in [2.05, 4.69) is 0 Å². The van der Waals surface area contributed by atoms with E-state index < -0.39 is 5.82 Å². The molecule has 0 saturated carbocycles. The zero-order valence-corrected chi connectivity index (χ0v) is 8.50. The Morgan fingerprint density at radius 2 is 2.27 bits per heavy atom. The molecule has 3 nitrogen and oxygen atoms in total. The number of carbonyl (C=O) groups is 1. The molecule has 0 atom stereocenters. The number of Topliss-reactive ketones (excluding diaryl/α,β-unsaturated/α-hetero) is 1. The van der Waals surface area contributed by atoms with Gasteiger partial charge in [-0.15, -0.1) is 0 Å². The van der Waals surface area contributed by atoms with E-state index in [9.17, 15) is 9.18 Å². The molecule has 0 aromatic heterocycles. The summed E-state index contributed by atoms with van der Waals surface area (Å²) < 4.78 is 18.2. The normalized spacial score (nSPS) is 10.1. The number of hydrogen-bond donors (Lipinski definition) is 1. The maximum atomic E-state index is 13.3. The fourth-order valence-electron chi connectivity index (χ4n) is 1.21. The molecule has 1 aromatic rings. The summed E-state index contributed by atoms with van der Waals surface area (Å²) in [5, 5.41) is 8.50. The van der Waals surface area contributed by atoms with Crippen molar-refractivity contribution in [3.63, 3.8) is 0 Å². The highest BCUT2D eigenvalue weighted by molar-refractivity contribution is 5.78. The topological polar surface area (TPSA) is 46.5 Å². The fourth-order valence-corrected chi connectivity index (χ4v) is 1.21. The summed E-state index contributed by atoms with van der Waals surface area (Å²) in [5.41, 5.74) is 0.622. The number of benzene rings is 1. The Hall–Kier alpha value is -1.42. The lowest BCUT2D eigenvalue weighted by Crippen LogP contribution is -2.04. The summed E-state index contributed by atoms with van der Waals surface area (Å²) in [6, 6.07) is 4.37. The summed E-state index contributed by atoms with van der Waals surface area (Å²) in [6.45, 7) is 1.35. The molecule has 0 unspecified atom stereocenters. The second-order valence-electron chi connectivity index (χ2n) is 3.22. The molecule has 0 aliphatic carbocycles. The summed E-state index contributed by atoms with van der Waals surface area (Å²) >= 11 is 0. The van der Waals surface area contributed by atoms with Crippen molar-refractivity contribution in [1.82, 2.24) is 0 Å². The maximum absolute atomic E-state index is 13.3. The molecular weight excluding hydrogens is 199 g/mol. The Morgan fingerprint density at radius 1 is 1.53 bits per heavy atom. The molecule has 4 heteroatoms. The molecule has 1 rings (SSSR count). The summed E-state index contributed by atoms with van der Waals surface area (Å²) in [4.78, 5) is 10.8. The molecule has 0 spiro atoms. The predicted molar refractivity (Wildman–Crippen MR) is 53.4 cm³/mol. The first-order valence-corrected chi connectivity index (χ1v) is 4.65. The number of aliphatic hydroxyl groups is 1. The molecule has 0 fully saturated rings. The molecule has 0 saturated heterocycles. The minimum absolute atomic E-state index is 0.0153. The Kier molecular flexibility index (Phi) is 4.24. The number of rotatable bonds is 5. The third-order valence-corrected chi connectivity index (χ3v) is 1.80. The van der Waals surface area contributed by atoms with Crippen molar-refractivity contribution in [3.8, 4) is 5.75 Å². The number of halogens is 1. The molecule has 1 aromatic carbocycles. The van der Waals surface area contributed by atoms with Crippen LogP contribution in [0.3, 0.4) is 0 Å². The quantitative estimate of drug-likeness (QED) is 0.800. The molecule has 0 aliphatic rings. The minimum atomic E-state index is -0.512. The molecule has 0 bridgehead atoms. The minimum Gasteiger partial charge on any atom is -0.488 e. The van der Waals surface area contributed by atoms with Crippen LogP contribution < -0.4 is 4.74 Å². The van der Waals surface area contributed by atoms with Gasteiger partial charge in [-0.25, -0.2) is 4.39 Å². The van der Waals surface area contributed by atoms with E-state index in [1.807, 2.05) is 0 Å². The maximum Gasteiger partial charge on any atom is 0.165 e. The van der Waals surface area contributed by atoms with Crippen molar-refractivity contribution in [3.05, 3.63) is 29.6 Å². The smallest absolute Gasteiger partial charge is 0.165 e. The Bertz CT molecular complexity index is 350. The SMILES string of the molecule is CC(=O)Cc1ccc(OCCO)c(F)c1. The van der Waals surface area contributed by atoms with Crippen LogP contribution >= 0.6 is 0 Å². The van der Waals surface area contributed by atoms with Gasteiger partial charge in [0.2, 0.25) is 0 Å².